The smallest absolute Gasteiger partial charge is 0.237 e. The lowest BCUT2D eigenvalue weighted by atomic mass is 10.1. The van der Waals surface area contributed by atoms with Gasteiger partial charge in [-0.15, -0.1) is 0 Å². The van der Waals surface area contributed by atoms with Crippen LogP contribution in [0.1, 0.15) is 19.4 Å². The van der Waals surface area contributed by atoms with E-state index in [1.165, 1.54) is 0 Å². The third-order valence-electron chi connectivity index (χ3n) is 2.49. The van der Waals surface area contributed by atoms with Crippen molar-refractivity contribution in [2.45, 2.75) is 32.4 Å². The SMILES string of the molecule is CC(C)OCCNC(=O)[C@H](N)Cc1ccccc1. The van der Waals surface area contributed by atoms with E-state index in [1.54, 1.807) is 0 Å². The average molecular weight is 250 g/mol. The van der Waals surface area contributed by atoms with E-state index in [-0.39, 0.29) is 12.0 Å². The van der Waals surface area contributed by atoms with Crippen molar-refractivity contribution >= 4 is 5.91 Å². The molecular formula is C14H22N2O2. The summed E-state index contributed by atoms with van der Waals surface area (Å²) in [4.78, 5) is 11.7. The molecule has 0 aromatic heterocycles. The van der Waals surface area contributed by atoms with Crippen molar-refractivity contribution in [3.8, 4) is 0 Å². The highest BCUT2D eigenvalue weighted by Gasteiger charge is 2.13. The zero-order valence-electron chi connectivity index (χ0n) is 11.1. The number of carbonyl (C=O) groups is 1. The van der Waals surface area contributed by atoms with Gasteiger partial charge in [0.15, 0.2) is 0 Å². The van der Waals surface area contributed by atoms with Crippen LogP contribution in [0.25, 0.3) is 0 Å². The van der Waals surface area contributed by atoms with Crippen LogP contribution in [0.4, 0.5) is 0 Å². The first-order valence-corrected chi connectivity index (χ1v) is 6.28. The van der Waals surface area contributed by atoms with Gasteiger partial charge in [0.25, 0.3) is 0 Å². The Morgan fingerprint density at radius 1 is 1.33 bits per heavy atom. The van der Waals surface area contributed by atoms with E-state index in [2.05, 4.69) is 5.32 Å². The summed E-state index contributed by atoms with van der Waals surface area (Å²) in [6, 6.07) is 9.25. The van der Waals surface area contributed by atoms with E-state index in [1.807, 2.05) is 44.2 Å². The van der Waals surface area contributed by atoms with Gasteiger partial charge in [-0.1, -0.05) is 30.3 Å². The number of benzene rings is 1. The van der Waals surface area contributed by atoms with Crippen molar-refractivity contribution in [3.05, 3.63) is 35.9 Å². The molecule has 1 amide bonds. The van der Waals surface area contributed by atoms with Crippen molar-refractivity contribution in [3.63, 3.8) is 0 Å². The quantitative estimate of drug-likeness (QED) is 0.712. The van der Waals surface area contributed by atoms with E-state index in [9.17, 15) is 4.79 Å². The molecule has 1 atom stereocenters. The third kappa shape index (κ3) is 5.80. The van der Waals surface area contributed by atoms with Crippen LogP contribution >= 0.6 is 0 Å². The van der Waals surface area contributed by atoms with E-state index < -0.39 is 6.04 Å². The number of nitrogens with two attached hydrogens (primary N) is 1. The van der Waals surface area contributed by atoms with Gasteiger partial charge in [0, 0.05) is 6.54 Å². The predicted octanol–water partition coefficient (Wildman–Crippen LogP) is 1.10. The van der Waals surface area contributed by atoms with Crippen LogP contribution in [0, 0.1) is 0 Å². The Kier molecular flexibility index (Phi) is 6.39. The highest BCUT2D eigenvalue weighted by atomic mass is 16.5. The lowest BCUT2D eigenvalue weighted by Crippen LogP contribution is -2.43. The average Bonchev–Trinajstić information content (AvgIpc) is 2.35. The lowest BCUT2D eigenvalue weighted by Gasteiger charge is -2.13. The normalized spacial score (nSPS) is 12.4. The molecule has 0 aliphatic rings. The Balaban J connectivity index is 2.25. The van der Waals surface area contributed by atoms with Crippen molar-refractivity contribution in [2.24, 2.45) is 5.73 Å². The van der Waals surface area contributed by atoms with Gasteiger partial charge >= 0.3 is 0 Å². The second kappa shape index (κ2) is 7.84. The number of carbonyl (C=O) groups excluding carboxylic acids is 1. The molecule has 1 aromatic rings. The lowest BCUT2D eigenvalue weighted by molar-refractivity contribution is -0.122. The number of nitrogens with one attached hydrogen (secondary N) is 1. The fourth-order valence-electron chi connectivity index (χ4n) is 1.56. The molecule has 4 nitrogen and oxygen atoms in total. The van der Waals surface area contributed by atoms with Crippen LogP contribution < -0.4 is 11.1 Å². The first-order chi connectivity index (χ1) is 8.59. The van der Waals surface area contributed by atoms with Gasteiger partial charge < -0.3 is 15.8 Å². The van der Waals surface area contributed by atoms with Crippen molar-refractivity contribution in [1.82, 2.24) is 5.32 Å². The fraction of sp³-hybridized carbons (Fsp3) is 0.500. The molecule has 0 aliphatic heterocycles. The molecule has 1 aromatic carbocycles. The van der Waals surface area contributed by atoms with Gasteiger partial charge in [-0.3, -0.25) is 4.79 Å². The molecule has 0 saturated heterocycles. The molecule has 1 rings (SSSR count). The van der Waals surface area contributed by atoms with Gasteiger partial charge in [0.05, 0.1) is 18.8 Å². The van der Waals surface area contributed by atoms with Gasteiger partial charge in [0.2, 0.25) is 5.91 Å². The first kappa shape index (κ1) is 14.7. The number of rotatable bonds is 7. The molecule has 0 unspecified atom stereocenters. The Morgan fingerprint density at radius 3 is 2.61 bits per heavy atom. The van der Waals surface area contributed by atoms with Crippen LogP contribution in [-0.2, 0) is 16.0 Å². The Bertz CT molecular complexity index is 352. The molecule has 100 valence electrons. The number of amides is 1. The molecule has 3 N–H and O–H groups in total. The number of hydrogen-bond donors (Lipinski definition) is 2. The molecule has 0 aliphatic carbocycles. The Hall–Kier alpha value is -1.39. The van der Waals surface area contributed by atoms with Crippen LogP contribution in [0.5, 0.6) is 0 Å². The van der Waals surface area contributed by atoms with Crippen LogP contribution in [0.15, 0.2) is 30.3 Å². The molecule has 0 fully saturated rings. The summed E-state index contributed by atoms with van der Waals surface area (Å²) in [5.74, 6) is -0.133. The van der Waals surface area contributed by atoms with Gasteiger partial charge in [-0.05, 0) is 25.8 Å². The largest absolute Gasteiger partial charge is 0.377 e. The summed E-state index contributed by atoms with van der Waals surface area (Å²) in [6.45, 7) is 4.94. The minimum absolute atomic E-state index is 0.133. The summed E-state index contributed by atoms with van der Waals surface area (Å²) in [7, 11) is 0. The third-order valence-corrected chi connectivity index (χ3v) is 2.49. The summed E-state index contributed by atoms with van der Waals surface area (Å²) in [5, 5.41) is 2.77. The highest BCUT2D eigenvalue weighted by molar-refractivity contribution is 5.81. The maximum absolute atomic E-state index is 11.7. The summed E-state index contributed by atoms with van der Waals surface area (Å²) < 4.78 is 5.33. The zero-order chi connectivity index (χ0) is 13.4. The molecule has 0 bridgehead atoms. The molecule has 4 heteroatoms. The maximum Gasteiger partial charge on any atom is 0.237 e. The Labute approximate surface area is 109 Å². The predicted molar refractivity (Wildman–Crippen MR) is 72.2 cm³/mol. The number of ether oxygens (including phenoxy) is 1. The van der Waals surface area contributed by atoms with Crippen molar-refractivity contribution in [1.29, 1.82) is 0 Å². The molecule has 0 radical (unpaired) electrons. The second-order valence-corrected chi connectivity index (χ2v) is 4.51. The van der Waals surface area contributed by atoms with Crippen molar-refractivity contribution < 1.29 is 9.53 Å². The van der Waals surface area contributed by atoms with E-state index in [0.717, 1.165) is 5.56 Å². The summed E-state index contributed by atoms with van der Waals surface area (Å²) in [6.07, 6.45) is 0.734. The Morgan fingerprint density at radius 2 is 2.00 bits per heavy atom. The second-order valence-electron chi connectivity index (χ2n) is 4.51. The van der Waals surface area contributed by atoms with E-state index >= 15 is 0 Å². The van der Waals surface area contributed by atoms with Crippen molar-refractivity contribution in [2.75, 3.05) is 13.2 Å². The molecule has 18 heavy (non-hydrogen) atoms. The molecular weight excluding hydrogens is 228 g/mol. The topological polar surface area (TPSA) is 64.3 Å². The number of hydrogen-bond acceptors (Lipinski definition) is 3. The minimum Gasteiger partial charge on any atom is -0.377 e. The van der Waals surface area contributed by atoms with Crippen LogP contribution in [-0.4, -0.2) is 31.2 Å². The standard InChI is InChI=1S/C14H22N2O2/c1-11(2)18-9-8-16-14(17)13(15)10-12-6-4-3-5-7-12/h3-7,11,13H,8-10,15H2,1-2H3,(H,16,17)/t13-/m1/s1. The maximum atomic E-state index is 11.7. The first-order valence-electron chi connectivity index (χ1n) is 6.28. The molecule has 0 heterocycles. The van der Waals surface area contributed by atoms with Gasteiger partial charge in [-0.2, -0.15) is 0 Å². The monoisotopic (exact) mass is 250 g/mol. The zero-order valence-corrected chi connectivity index (χ0v) is 11.1. The van der Waals surface area contributed by atoms with E-state index in [4.69, 9.17) is 10.5 Å². The molecule has 0 saturated carbocycles. The summed E-state index contributed by atoms with van der Waals surface area (Å²) >= 11 is 0. The minimum atomic E-state index is -0.508. The molecule has 0 spiro atoms. The van der Waals surface area contributed by atoms with Gasteiger partial charge in [-0.25, -0.2) is 0 Å². The fourth-order valence-corrected chi connectivity index (χ4v) is 1.56. The van der Waals surface area contributed by atoms with E-state index in [0.29, 0.717) is 19.6 Å². The van der Waals surface area contributed by atoms with Crippen LogP contribution in [0.2, 0.25) is 0 Å². The van der Waals surface area contributed by atoms with Crippen LogP contribution in [0.3, 0.4) is 0 Å². The van der Waals surface area contributed by atoms with Gasteiger partial charge in [0.1, 0.15) is 0 Å². The summed E-state index contributed by atoms with van der Waals surface area (Å²) in [5.41, 5.74) is 6.91. The highest BCUT2D eigenvalue weighted by Crippen LogP contribution is 2.01.